The van der Waals surface area contributed by atoms with Crippen molar-refractivity contribution in [2.45, 2.75) is 13.0 Å². The number of likely N-dealkylation sites (tertiary alicyclic amines) is 1. The molecule has 1 aliphatic heterocycles. The molecule has 0 radical (unpaired) electrons. The Bertz CT molecular complexity index is 602. The van der Waals surface area contributed by atoms with Gasteiger partial charge in [0.2, 0.25) is 5.91 Å². The van der Waals surface area contributed by atoms with Crippen LogP contribution in [0.5, 0.6) is 0 Å². The van der Waals surface area contributed by atoms with Crippen LogP contribution >= 0.6 is 0 Å². The summed E-state index contributed by atoms with van der Waals surface area (Å²) in [7, 11) is 0. The molecule has 1 atom stereocenters. The van der Waals surface area contributed by atoms with E-state index in [-0.39, 0.29) is 5.91 Å². The van der Waals surface area contributed by atoms with Crippen LogP contribution in [0.25, 0.3) is 11.0 Å². The molecule has 0 spiro atoms. The molecule has 92 valence electrons. The molecule has 0 aromatic carbocycles. The second-order valence-corrected chi connectivity index (χ2v) is 4.68. The Balaban J connectivity index is 1.86. The van der Waals surface area contributed by atoms with Crippen LogP contribution in [0.4, 0.5) is 0 Å². The Morgan fingerprint density at radius 3 is 3.22 bits per heavy atom. The zero-order valence-corrected chi connectivity index (χ0v) is 10.1. The van der Waals surface area contributed by atoms with Crippen LogP contribution in [-0.2, 0) is 11.3 Å². The summed E-state index contributed by atoms with van der Waals surface area (Å²) in [6, 6.07) is 3.98. The largest absolute Gasteiger partial charge is 0.346 e. The molecule has 18 heavy (non-hydrogen) atoms. The fourth-order valence-corrected chi connectivity index (χ4v) is 2.48. The molecule has 1 aliphatic rings. The average Bonchev–Trinajstić information content (AvgIpc) is 2.97. The van der Waals surface area contributed by atoms with Gasteiger partial charge in [-0.25, -0.2) is 4.98 Å². The van der Waals surface area contributed by atoms with E-state index in [0.717, 1.165) is 23.1 Å². The predicted octanol–water partition coefficient (Wildman–Crippen LogP) is 2.10. The number of nitrogens with zero attached hydrogens (tertiary/aromatic N) is 2. The van der Waals surface area contributed by atoms with Crippen molar-refractivity contribution in [2.24, 2.45) is 5.92 Å². The lowest BCUT2D eigenvalue weighted by Crippen LogP contribution is -2.24. The smallest absolute Gasteiger partial charge is 0.223 e. The molecule has 1 N–H and O–H groups in total. The first kappa shape index (κ1) is 11.0. The third-order valence-electron chi connectivity index (χ3n) is 3.49. The predicted molar refractivity (Wildman–Crippen MR) is 69.8 cm³/mol. The minimum absolute atomic E-state index is 0.209. The molecule has 1 amide bonds. The number of hydrogen-bond donors (Lipinski definition) is 1. The summed E-state index contributed by atoms with van der Waals surface area (Å²) >= 11 is 0. The van der Waals surface area contributed by atoms with Gasteiger partial charge in [-0.05, 0) is 17.7 Å². The van der Waals surface area contributed by atoms with E-state index in [0.29, 0.717) is 18.9 Å². The van der Waals surface area contributed by atoms with Crippen molar-refractivity contribution in [1.82, 2.24) is 14.9 Å². The van der Waals surface area contributed by atoms with Crippen LogP contribution in [-0.4, -0.2) is 27.3 Å². The molecule has 0 aliphatic carbocycles. The average molecular weight is 241 g/mol. The van der Waals surface area contributed by atoms with E-state index in [1.807, 2.05) is 29.3 Å². The van der Waals surface area contributed by atoms with Crippen LogP contribution in [0.2, 0.25) is 0 Å². The highest BCUT2D eigenvalue weighted by molar-refractivity contribution is 5.82. The second kappa shape index (κ2) is 4.29. The van der Waals surface area contributed by atoms with Crippen molar-refractivity contribution in [3.8, 4) is 0 Å². The van der Waals surface area contributed by atoms with E-state index in [1.165, 1.54) is 0 Å². The van der Waals surface area contributed by atoms with E-state index >= 15 is 0 Å². The maximum absolute atomic E-state index is 11.9. The number of pyridine rings is 1. The summed E-state index contributed by atoms with van der Waals surface area (Å²) < 4.78 is 0. The van der Waals surface area contributed by atoms with Crippen molar-refractivity contribution in [3.63, 3.8) is 0 Å². The summed E-state index contributed by atoms with van der Waals surface area (Å²) in [6.45, 7) is 5.19. The molecule has 3 heterocycles. The van der Waals surface area contributed by atoms with E-state index in [4.69, 9.17) is 0 Å². The van der Waals surface area contributed by atoms with Crippen molar-refractivity contribution in [3.05, 3.63) is 42.7 Å². The number of carbonyl (C=O) groups excluding carboxylic acids is 1. The van der Waals surface area contributed by atoms with Gasteiger partial charge >= 0.3 is 0 Å². The van der Waals surface area contributed by atoms with Gasteiger partial charge in [0.15, 0.2) is 0 Å². The minimum Gasteiger partial charge on any atom is -0.346 e. The number of aromatic amines is 1. The fraction of sp³-hybridized carbons (Fsp3) is 0.286. The molecule has 4 heteroatoms. The van der Waals surface area contributed by atoms with Crippen molar-refractivity contribution in [2.75, 3.05) is 6.54 Å². The monoisotopic (exact) mass is 241 g/mol. The van der Waals surface area contributed by atoms with Gasteiger partial charge in [0.05, 0.1) is 0 Å². The lowest BCUT2D eigenvalue weighted by atomic mass is 10.1. The topological polar surface area (TPSA) is 49.0 Å². The minimum atomic E-state index is 0.209. The molecular formula is C14H15N3O. The Kier molecular flexibility index (Phi) is 2.63. The standard InChI is InChI=1S/C14H15N3O/c1-2-10-7-13(18)17(8-10)9-11-3-5-15-14-12(11)4-6-16-14/h2-6,10H,1,7-9H2,(H,15,16). The van der Waals surface area contributed by atoms with E-state index in [2.05, 4.69) is 16.5 Å². The highest BCUT2D eigenvalue weighted by Gasteiger charge is 2.27. The normalized spacial score (nSPS) is 19.7. The van der Waals surface area contributed by atoms with Gasteiger partial charge in [0.1, 0.15) is 5.65 Å². The van der Waals surface area contributed by atoms with Crippen LogP contribution in [0.15, 0.2) is 37.2 Å². The number of rotatable bonds is 3. The molecule has 1 unspecified atom stereocenters. The third-order valence-corrected chi connectivity index (χ3v) is 3.49. The molecule has 2 aromatic heterocycles. The van der Waals surface area contributed by atoms with Gasteiger partial charge in [-0.15, -0.1) is 6.58 Å². The van der Waals surface area contributed by atoms with Gasteiger partial charge in [0.25, 0.3) is 0 Å². The van der Waals surface area contributed by atoms with Gasteiger partial charge in [-0.3, -0.25) is 4.79 Å². The summed E-state index contributed by atoms with van der Waals surface area (Å²) in [6.07, 6.45) is 6.11. The van der Waals surface area contributed by atoms with Crippen molar-refractivity contribution in [1.29, 1.82) is 0 Å². The molecule has 1 fully saturated rings. The number of amides is 1. The van der Waals surface area contributed by atoms with Gasteiger partial charge in [0, 0.05) is 43.2 Å². The molecular weight excluding hydrogens is 226 g/mol. The van der Waals surface area contributed by atoms with Crippen molar-refractivity contribution >= 4 is 16.9 Å². The Hall–Kier alpha value is -2.10. The van der Waals surface area contributed by atoms with E-state index in [1.54, 1.807) is 6.20 Å². The molecule has 2 aromatic rings. The van der Waals surface area contributed by atoms with Crippen LogP contribution in [0.1, 0.15) is 12.0 Å². The first-order valence-electron chi connectivity index (χ1n) is 6.09. The maximum atomic E-state index is 11.9. The lowest BCUT2D eigenvalue weighted by molar-refractivity contribution is -0.128. The zero-order valence-electron chi connectivity index (χ0n) is 10.1. The number of fused-ring (bicyclic) bond motifs is 1. The number of aromatic nitrogens is 2. The van der Waals surface area contributed by atoms with E-state index in [9.17, 15) is 4.79 Å². The summed E-state index contributed by atoms with van der Waals surface area (Å²) in [5.41, 5.74) is 2.01. The molecule has 4 nitrogen and oxygen atoms in total. The molecule has 3 rings (SSSR count). The van der Waals surface area contributed by atoms with E-state index < -0.39 is 0 Å². The first-order chi connectivity index (χ1) is 8.78. The Labute approximate surface area is 105 Å². The quantitative estimate of drug-likeness (QED) is 0.836. The summed E-state index contributed by atoms with van der Waals surface area (Å²) in [5, 5.41) is 1.09. The summed E-state index contributed by atoms with van der Waals surface area (Å²) in [4.78, 5) is 21.1. The van der Waals surface area contributed by atoms with Crippen LogP contribution < -0.4 is 0 Å². The highest BCUT2D eigenvalue weighted by Crippen LogP contribution is 2.23. The second-order valence-electron chi connectivity index (χ2n) is 4.68. The lowest BCUT2D eigenvalue weighted by Gasteiger charge is -2.16. The number of carbonyl (C=O) groups is 1. The Morgan fingerprint density at radius 1 is 1.56 bits per heavy atom. The van der Waals surface area contributed by atoms with Gasteiger partial charge < -0.3 is 9.88 Å². The number of nitrogens with one attached hydrogen (secondary N) is 1. The van der Waals surface area contributed by atoms with Gasteiger partial charge in [-0.1, -0.05) is 6.08 Å². The zero-order chi connectivity index (χ0) is 12.5. The Morgan fingerprint density at radius 2 is 2.44 bits per heavy atom. The fourth-order valence-electron chi connectivity index (χ4n) is 2.48. The maximum Gasteiger partial charge on any atom is 0.223 e. The SMILES string of the molecule is C=CC1CC(=O)N(Cc2ccnc3[nH]ccc23)C1. The first-order valence-corrected chi connectivity index (χ1v) is 6.09. The number of H-pyrrole nitrogens is 1. The highest BCUT2D eigenvalue weighted by atomic mass is 16.2. The van der Waals surface area contributed by atoms with Crippen LogP contribution in [0.3, 0.4) is 0 Å². The van der Waals surface area contributed by atoms with Crippen LogP contribution in [0, 0.1) is 5.92 Å². The molecule has 0 saturated carbocycles. The molecule has 1 saturated heterocycles. The van der Waals surface area contributed by atoms with Crippen molar-refractivity contribution < 1.29 is 4.79 Å². The third kappa shape index (κ3) is 1.79. The molecule has 0 bridgehead atoms. The summed E-state index contributed by atoms with van der Waals surface area (Å²) in [5.74, 6) is 0.501. The number of hydrogen-bond acceptors (Lipinski definition) is 2. The van der Waals surface area contributed by atoms with Gasteiger partial charge in [-0.2, -0.15) is 0 Å².